The molecule has 0 atom stereocenters. The molecule has 18 heavy (non-hydrogen) atoms. The summed E-state index contributed by atoms with van der Waals surface area (Å²) >= 11 is 0. The predicted octanol–water partition coefficient (Wildman–Crippen LogP) is 3.09. The van der Waals surface area contributed by atoms with E-state index in [0.29, 0.717) is 5.92 Å². The quantitative estimate of drug-likeness (QED) is 0.649. The van der Waals surface area contributed by atoms with Gasteiger partial charge in [0, 0.05) is 23.2 Å². The number of aromatic nitrogens is 1. The van der Waals surface area contributed by atoms with Crippen LogP contribution in [-0.4, -0.2) is 10.6 Å². The Labute approximate surface area is 108 Å². The van der Waals surface area contributed by atoms with Gasteiger partial charge in [-0.25, -0.2) is 4.98 Å². The summed E-state index contributed by atoms with van der Waals surface area (Å²) in [6.07, 6.45) is 10.4. The Kier molecular flexibility index (Phi) is 2.17. The van der Waals surface area contributed by atoms with E-state index in [9.17, 15) is 0 Å². The zero-order chi connectivity index (χ0) is 12.0. The van der Waals surface area contributed by atoms with Gasteiger partial charge in [-0.15, -0.1) is 0 Å². The molecule has 2 saturated carbocycles. The van der Waals surface area contributed by atoms with Crippen molar-refractivity contribution in [2.45, 2.75) is 50.5 Å². The molecule has 0 N–H and O–H groups in total. The molecule has 2 nitrogen and oxygen atoms in total. The van der Waals surface area contributed by atoms with Gasteiger partial charge in [-0.1, -0.05) is 11.8 Å². The molecule has 1 spiro atoms. The first kappa shape index (κ1) is 10.4. The van der Waals surface area contributed by atoms with Crippen LogP contribution in [0.3, 0.4) is 0 Å². The zero-order valence-corrected chi connectivity index (χ0v) is 10.5. The van der Waals surface area contributed by atoms with E-state index in [1.54, 1.807) is 0 Å². The van der Waals surface area contributed by atoms with E-state index < -0.39 is 0 Å². The first-order valence-electron chi connectivity index (χ1n) is 7.03. The fourth-order valence-corrected chi connectivity index (χ4v) is 2.79. The van der Waals surface area contributed by atoms with Gasteiger partial charge < -0.3 is 4.74 Å². The van der Waals surface area contributed by atoms with E-state index in [1.165, 1.54) is 37.7 Å². The summed E-state index contributed by atoms with van der Waals surface area (Å²) in [5.74, 6) is 8.03. The lowest BCUT2D eigenvalue weighted by atomic mass is 9.75. The summed E-state index contributed by atoms with van der Waals surface area (Å²) in [5, 5.41) is 0. The molecule has 1 aliphatic heterocycles. The summed E-state index contributed by atoms with van der Waals surface area (Å²) in [7, 11) is 0. The van der Waals surface area contributed by atoms with Gasteiger partial charge in [0.15, 0.2) is 0 Å². The van der Waals surface area contributed by atoms with Crippen LogP contribution >= 0.6 is 0 Å². The van der Waals surface area contributed by atoms with E-state index in [4.69, 9.17) is 4.74 Å². The normalized spacial score (nSPS) is 23.3. The molecule has 0 unspecified atom stereocenters. The van der Waals surface area contributed by atoms with Crippen molar-refractivity contribution < 1.29 is 4.74 Å². The van der Waals surface area contributed by atoms with E-state index in [1.807, 2.05) is 6.20 Å². The molecule has 4 rings (SSSR count). The second-order valence-corrected chi connectivity index (χ2v) is 5.87. The van der Waals surface area contributed by atoms with Gasteiger partial charge in [-0.2, -0.15) is 0 Å². The fourth-order valence-electron chi connectivity index (χ4n) is 2.79. The number of fused-ring (bicyclic) bond motifs is 1. The zero-order valence-electron chi connectivity index (χ0n) is 10.5. The van der Waals surface area contributed by atoms with E-state index in [-0.39, 0.29) is 5.60 Å². The summed E-state index contributed by atoms with van der Waals surface area (Å²) in [6, 6.07) is 2.17. The monoisotopic (exact) mass is 239 g/mol. The first-order chi connectivity index (χ1) is 8.83. The molecule has 92 valence electrons. The van der Waals surface area contributed by atoms with Gasteiger partial charge in [-0.3, -0.25) is 0 Å². The van der Waals surface area contributed by atoms with Gasteiger partial charge in [0.25, 0.3) is 0 Å². The lowest BCUT2D eigenvalue weighted by Gasteiger charge is -2.44. The second-order valence-electron chi connectivity index (χ2n) is 5.87. The smallest absolute Gasteiger partial charge is 0.217 e. The van der Waals surface area contributed by atoms with E-state index >= 15 is 0 Å². The van der Waals surface area contributed by atoms with Crippen LogP contribution in [0.5, 0.6) is 5.88 Å². The van der Waals surface area contributed by atoms with Crippen molar-refractivity contribution in [1.82, 2.24) is 4.98 Å². The van der Waals surface area contributed by atoms with Gasteiger partial charge in [0.2, 0.25) is 5.88 Å². The van der Waals surface area contributed by atoms with Crippen LogP contribution in [0.2, 0.25) is 0 Å². The minimum absolute atomic E-state index is 0.140. The van der Waals surface area contributed by atoms with Crippen LogP contribution in [0.15, 0.2) is 12.3 Å². The van der Waals surface area contributed by atoms with Crippen molar-refractivity contribution in [3.05, 3.63) is 23.4 Å². The molecule has 0 bridgehead atoms. The Morgan fingerprint density at radius 3 is 2.89 bits per heavy atom. The topological polar surface area (TPSA) is 22.1 Å². The number of hydrogen-bond acceptors (Lipinski definition) is 2. The van der Waals surface area contributed by atoms with Crippen molar-refractivity contribution in [2.24, 2.45) is 5.92 Å². The van der Waals surface area contributed by atoms with Gasteiger partial charge >= 0.3 is 0 Å². The number of pyridine rings is 1. The van der Waals surface area contributed by atoms with Crippen molar-refractivity contribution in [3.63, 3.8) is 0 Å². The molecule has 2 fully saturated rings. The van der Waals surface area contributed by atoms with Crippen molar-refractivity contribution in [2.75, 3.05) is 0 Å². The largest absolute Gasteiger partial charge is 0.471 e. The highest BCUT2D eigenvalue weighted by atomic mass is 16.5. The predicted molar refractivity (Wildman–Crippen MR) is 69.4 cm³/mol. The molecular weight excluding hydrogens is 222 g/mol. The van der Waals surface area contributed by atoms with E-state index in [2.05, 4.69) is 22.9 Å². The lowest BCUT2D eigenvalue weighted by molar-refractivity contribution is -0.0289. The Bertz CT molecular complexity index is 544. The highest BCUT2D eigenvalue weighted by molar-refractivity contribution is 5.41. The summed E-state index contributed by atoms with van der Waals surface area (Å²) in [5.41, 5.74) is 2.44. The standard InChI is InChI=1S/C16H17NO/c1-7-16(8-1)9-6-14-10-13(5-4-12-2-3-12)11-17-15(14)18-16/h10-12H,1-3,6-9H2. The SMILES string of the molecule is C(#CC1CC1)c1cnc2c(c1)CCC1(CCC1)O2. The lowest BCUT2D eigenvalue weighted by Crippen LogP contribution is -2.45. The second kappa shape index (κ2) is 3.75. The van der Waals surface area contributed by atoms with Crippen molar-refractivity contribution >= 4 is 0 Å². The molecule has 0 aromatic carbocycles. The molecule has 2 heteroatoms. The van der Waals surface area contributed by atoms with Gasteiger partial charge in [-0.05, 0) is 51.0 Å². The van der Waals surface area contributed by atoms with Crippen LogP contribution in [0, 0.1) is 17.8 Å². The minimum Gasteiger partial charge on any atom is -0.471 e. The Morgan fingerprint density at radius 1 is 1.28 bits per heavy atom. The van der Waals surface area contributed by atoms with E-state index in [0.717, 1.165) is 24.3 Å². The third-order valence-corrected chi connectivity index (χ3v) is 4.35. The minimum atomic E-state index is 0.140. The van der Waals surface area contributed by atoms with Crippen LogP contribution in [-0.2, 0) is 6.42 Å². The van der Waals surface area contributed by atoms with Crippen LogP contribution in [0.4, 0.5) is 0 Å². The maximum atomic E-state index is 6.09. The molecule has 0 amide bonds. The molecule has 3 aliphatic rings. The number of rotatable bonds is 0. The number of ether oxygens (including phenoxy) is 1. The van der Waals surface area contributed by atoms with Gasteiger partial charge in [0.05, 0.1) is 0 Å². The molecule has 1 aromatic heterocycles. The van der Waals surface area contributed by atoms with Crippen LogP contribution in [0.1, 0.15) is 49.7 Å². The average Bonchev–Trinajstić information content (AvgIpc) is 3.17. The molecular formula is C16H17NO. The first-order valence-corrected chi connectivity index (χ1v) is 7.03. The summed E-state index contributed by atoms with van der Waals surface area (Å²) in [4.78, 5) is 4.47. The summed E-state index contributed by atoms with van der Waals surface area (Å²) in [6.45, 7) is 0. The molecule has 1 aromatic rings. The number of hydrogen-bond donors (Lipinski definition) is 0. The fraction of sp³-hybridized carbons (Fsp3) is 0.562. The maximum Gasteiger partial charge on any atom is 0.217 e. The summed E-state index contributed by atoms with van der Waals surface area (Å²) < 4.78 is 6.09. The highest BCUT2D eigenvalue weighted by Gasteiger charge is 2.42. The Hall–Kier alpha value is -1.49. The average molecular weight is 239 g/mol. The van der Waals surface area contributed by atoms with Gasteiger partial charge in [0.1, 0.15) is 5.60 Å². The highest BCUT2D eigenvalue weighted by Crippen LogP contribution is 2.44. The molecule has 0 radical (unpaired) electrons. The number of nitrogens with zero attached hydrogens (tertiary/aromatic N) is 1. The van der Waals surface area contributed by atoms with Crippen LogP contribution < -0.4 is 4.74 Å². The molecule has 2 aliphatic carbocycles. The molecule has 2 heterocycles. The van der Waals surface area contributed by atoms with Crippen molar-refractivity contribution in [1.29, 1.82) is 0 Å². The number of aryl methyl sites for hydroxylation is 1. The Balaban J connectivity index is 1.59. The maximum absolute atomic E-state index is 6.09. The molecule has 0 saturated heterocycles. The van der Waals surface area contributed by atoms with Crippen LogP contribution in [0.25, 0.3) is 0 Å². The third-order valence-electron chi connectivity index (χ3n) is 4.35. The third kappa shape index (κ3) is 1.79. The van der Waals surface area contributed by atoms with Crippen molar-refractivity contribution in [3.8, 4) is 17.7 Å². The Morgan fingerprint density at radius 2 is 2.17 bits per heavy atom.